The molecule has 40 heavy (non-hydrogen) atoms. The molecule has 0 radical (unpaired) electrons. The van der Waals surface area contributed by atoms with E-state index in [2.05, 4.69) is 50.3 Å². The molecular weight excluding hydrogens is 496 g/mol. The standard InChI is InChI=1S/C36H64O4/c1-3-5-7-9-11-12-13-14-15-16-17-18-19-20-22-24-29-33-36(39)40-34(31-27-25-28-32-35(37)38)30-26-23-21-10-8-6-4-2/h5,7,11-12,14-15,34H,3-4,6,8-10,13,16-33H2,1-2H3,(H,37,38)/b7-5-,12-11-,15-14-. The lowest BCUT2D eigenvalue weighted by atomic mass is 10.0. The van der Waals surface area contributed by atoms with E-state index in [1.807, 2.05) is 0 Å². The summed E-state index contributed by atoms with van der Waals surface area (Å²) in [5, 5.41) is 8.83. The van der Waals surface area contributed by atoms with Crippen molar-refractivity contribution in [1.82, 2.24) is 0 Å². The highest BCUT2D eigenvalue weighted by molar-refractivity contribution is 5.69. The number of unbranched alkanes of at least 4 members (excludes halogenated alkanes) is 15. The zero-order valence-corrected chi connectivity index (χ0v) is 26.4. The summed E-state index contributed by atoms with van der Waals surface area (Å²) in [7, 11) is 0. The molecule has 0 aromatic rings. The van der Waals surface area contributed by atoms with Crippen LogP contribution in [0.15, 0.2) is 36.5 Å². The minimum atomic E-state index is -0.728. The average Bonchev–Trinajstić information content (AvgIpc) is 2.93. The average molecular weight is 561 g/mol. The number of hydrogen-bond donors (Lipinski definition) is 1. The van der Waals surface area contributed by atoms with Crippen LogP contribution in [0.5, 0.6) is 0 Å². The van der Waals surface area contributed by atoms with Crippen LogP contribution < -0.4 is 0 Å². The van der Waals surface area contributed by atoms with Gasteiger partial charge in [-0.3, -0.25) is 9.59 Å². The van der Waals surface area contributed by atoms with Gasteiger partial charge >= 0.3 is 11.9 Å². The van der Waals surface area contributed by atoms with Gasteiger partial charge in [0, 0.05) is 12.8 Å². The van der Waals surface area contributed by atoms with Gasteiger partial charge in [0.2, 0.25) is 0 Å². The first-order valence-corrected chi connectivity index (χ1v) is 17.0. The van der Waals surface area contributed by atoms with Crippen molar-refractivity contribution in [3.05, 3.63) is 36.5 Å². The van der Waals surface area contributed by atoms with E-state index in [-0.39, 0.29) is 18.5 Å². The summed E-state index contributed by atoms with van der Waals surface area (Å²) in [4.78, 5) is 23.2. The van der Waals surface area contributed by atoms with Crippen LogP contribution >= 0.6 is 0 Å². The summed E-state index contributed by atoms with van der Waals surface area (Å²) in [6.07, 6.45) is 40.1. The molecule has 0 bridgehead atoms. The van der Waals surface area contributed by atoms with E-state index < -0.39 is 5.97 Å². The summed E-state index contributed by atoms with van der Waals surface area (Å²) < 4.78 is 5.88. The summed E-state index contributed by atoms with van der Waals surface area (Å²) in [5.41, 5.74) is 0. The van der Waals surface area contributed by atoms with Gasteiger partial charge in [-0.1, -0.05) is 127 Å². The zero-order chi connectivity index (χ0) is 29.4. The Morgan fingerprint density at radius 1 is 0.575 bits per heavy atom. The molecule has 0 amide bonds. The fourth-order valence-electron chi connectivity index (χ4n) is 4.90. The molecule has 0 saturated carbocycles. The maximum absolute atomic E-state index is 12.5. The van der Waals surface area contributed by atoms with Crippen LogP contribution in [0.1, 0.15) is 174 Å². The number of carbonyl (C=O) groups is 2. The second kappa shape index (κ2) is 31.7. The smallest absolute Gasteiger partial charge is 0.306 e. The van der Waals surface area contributed by atoms with Gasteiger partial charge in [-0.15, -0.1) is 0 Å². The number of allylic oxidation sites excluding steroid dienone is 6. The van der Waals surface area contributed by atoms with Gasteiger partial charge in [0.25, 0.3) is 0 Å². The molecule has 0 fully saturated rings. The van der Waals surface area contributed by atoms with Crippen LogP contribution in [-0.4, -0.2) is 23.1 Å². The second-order valence-electron chi connectivity index (χ2n) is 11.3. The molecular formula is C36H64O4. The molecule has 0 aromatic heterocycles. The normalized spacial score (nSPS) is 12.7. The van der Waals surface area contributed by atoms with E-state index in [0.29, 0.717) is 12.8 Å². The number of esters is 1. The van der Waals surface area contributed by atoms with Gasteiger partial charge in [-0.2, -0.15) is 0 Å². The number of carboxylic acid groups (broad SMARTS) is 1. The summed E-state index contributed by atoms with van der Waals surface area (Å²) in [6, 6.07) is 0. The van der Waals surface area contributed by atoms with Crippen molar-refractivity contribution in [2.75, 3.05) is 0 Å². The van der Waals surface area contributed by atoms with Crippen LogP contribution in [0.25, 0.3) is 0 Å². The van der Waals surface area contributed by atoms with E-state index in [9.17, 15) is 9.59 Å². The first-order chi connectivity index (χ1) is 19.6. The Hall–Kier alpha value is -1.84. The highest BCUT2D eigenvalue weighted by Gasteiger charge is 2.14. The third-order valence-corrected chi connectivity index (χ3v) is 7.38. The Morgan fingerprint density at radius 2 is 1.05 bits per heavy atom. The maximum Gasteiger partial charge on any atom is 0.306 e. The number of carboxylic acids is 1. The lowest BCUT2D eigenvalue weighted by Crippen LogP contribution is -2.18. The molecule has 0 rings (SSSR count). The van der Waals surface area contributed by atoms with Crippen molar-refractivity contribution in [2.24, 2.45) is 0 Å². The first kappa shape index (κ1) is 38.2. The SMILES string of the molecule is CC/C=C\C/C=C\C/C=C\CCCCCCCCCC(=O)OC(CCCCCCCCC)CCCCCC(=O)O. The van der Waals surface area contributed by atoms with Crippen molar-refractivity contribution < 1.29 is 19.4 Å². The van der Waals surface area contributed by atoms with E-state index in [0.717, 1.165) is 64.2 Å². The predicted octanol–water partition coefficient (Wildman–Crippen LogP) is 11.4. The lowest BCUT2D eigenvalue weighted by molar-refractivity contribution is -0.150. The van der Waals surface area contributed by atoms with Gasteiger partial charge in [0.1, 0.15) is 6.10 Å². The van der Waals surface area contributed by atoms with Crippen LogP contribution in [0.2, 0.25) is 0 Å². The van der Waals surface area contributed by atoms with E-state index >= 15 is 0 Å². The van der Waals surface area contributed by atoms with E-state index in [1.165, 1.54) is 77.0 Å². The topological polar surface area (TPSA) is 63.6 Å². The Labute approximate surface area is 248 Å². The number of ether oxygens (including phenoxy) is 1. The van der Waals surface area contributed by atoms with E-state index in [1.54, 1.807) is 0 Å². The Morgan fingerprint density at radius 3 is 1.65 bits per heavy atom. The molecule has 0 aromatic carbocycles. The number of hydrogen-bond acceptors (Lipinski definition) is 3. The number of aliphatic carboxylic acids is 1. The minimum Gasteiger partial charge on any atom is -0.481 e. The molecule has 0 aliphatic carbocycles. The molecule has 232 valence electrons. The number of carbonyl (C=O) groups excluding carboxylic acids is 1. The monoisotopic (exact) mass is 560 g/mol. The van der Waals surface area contributed by atoms with Crippen LogP contribution in [-0.2, 0) is 14.3 Å². The maximum atomic E-state index is 12.5. The molecule has 0 spiro atoms. The molecule has 0 saturated heterocycles. The fourth-order valence-corrected chi connectivity index (χ4v) is 4.90. The summed E-state index contributed by atoms with van der Waals surface area (Å²) in [5.74, 6) is -0.772. The zero-order valence-electron chi connectivity index (χ0n) is 26.4. The molecule has 1 N–H and O–H groups in total. The lowest BCUT2D eigenvalue weighted by Gasteiger charge is -2.18. The highest BCUT2D eigenvalue weighted by atomic mass is 16.5. The van der Waals surface area contributed by atoms with E-state index in [4.69, 9.17) is 9.84 Å². The molecule has 1 unspecified atom stereocenters. The first-order valence-electron chi connectivity index (χ1n) is 17.0. The van der Waals surface area contributed by atoms with Gasteiger partial charge in [-0.05, 0) is 70.6 Å². The second-order valence-corrected chi connectivity index (χ2v) is 11.3. The van der Waals surface area contributed by atoms with Crippen molar-refractivity contribution in [3.8, 4) is 0 Å². The van der Waals surface area contributed by atoms with Crippen molar-refractivity contribution in [2.45, 2.75) is 180 Å². The van der Waals surface area contributed by atoms with Gasteiger partial charge < -0.3 is 9.84 Å². The van der Waals surface area contributed by atoms with Crippen LogP contribution in [0.4, 0.5) is 0 Å². The van der Waals surface area contributed by atoms with Crippen LogP contribution in [0.3, 0.4) is 0 Å². The molecule has 0 aliphatic rings. The Bertz CT molecular complexity index is 649. The highest BCUT2D eigenvalue weighted by Crippen LogP contribution is 2.18. The fraction of sp³-hybridized carbons (Fsp3) is 0.778. The van der Waals surface area contributed by atoms with Gasteiger partial charge in [0.05, 0.1) is 0 Å². The molecule has 0 aliphatic heterocycles. The van der Waals surface area contributed by atoms with Gasteiger partial charge in [0.15, 0.2) is 0 Å². The van der Waals surface area contributed by atoms with Crippen molar-refractivity contribution in [1.29, 1.82) is 0 Å². The Balaban J connectivity index is 3.89. The minimum absolute atomic E-state index is 0.000917. The molecule has 4 nitrogen and oxygen atoms in total. The van der Waals surface area contributed by atoms with Crippen LogP contribution in [0, 0.1) is 0 Å². The quantitative estimate of drug-likeness (QED) is 0.0539. The van der Waals surface area contributed by atoms with Crippen molar-refractivity contribution >= 4 is 11.9 Å². The largest absolute Gasteiger partial charge is 0.481 e. The Kier molecular flexibility index (Phi) is 30.2. The third kappa shape index (κ3) is 30.7. The predicted molar refractivity (Wildman–Crippen MR) is 172 cm³/mol. The summed E-state index contributed by atoms with van der Waals surface area (Å²) >= 11 is 0. The van der Waals surface area contributed by atoms with Gasteiger partial charge in [-0.25, -0.2) is 0 Å². The van der Waals surface area contributed by atoms with Crippen molar-refractivity contribution in [3.63, 3.8) is 0 Å². The third-order valence-electron chi connectivity index (χ3n) is 7.38. The molecule has 4 heteroatoms. The summed E-state index contributed by atoms with van der Waals surface area (Å²) in [6.45, 7) is 4.40. The number of rotatable bonds is 30. The molecule has 0 heterocycles. The molecule has 1 atom stereocenters.